The van der Waals surface area contributed by atoms with Crippen molar-refractivity contribution in [1.29, 1.82) is 0 Å². The van der Waals surface area contributed by atoms with Gasteiger partial charge in [0.15, 0.2) is 0 Å². The van der Waals surface area contributed by atoms with Gasteiger partial charge in [0, 0.05) is 7.11 Å². The van der Waals surface area contributed by atoms with Crippen LogP contribution >= 0.6 is 0 Å². The van der Waals surface area contributed by atoms with Crippen LogP contribution in [0.25, 0.3) is 0 Å². The average molecular weight is 295 g/mol. The Morgan fingerprint density at radius 1 is 1.33 bits per heavy atom. The molecule has 2 unspecified atom stereocenters. The number of nitrogens with one attached hydrogen (secondary N) is 1. The molecule has 0 aliphatic carbocycles. The predicted octanol–water partition coefficient (Wildman–Crippen LogP) is 2.18. The second-order valence-corrected chi connectivity index (χ2v) is 5.05. The molecule has 0 saturated heterocycles. The van der Waals surface area contributed by atoms with Crippen LogP contribution in [0.4, 0.5) is 4.79 Å². The van der Waals surface area contributed by atoms with E-state index in [1.807, 2.05) is 30.3 Å². The number of benzene rings is 1. The summed E-state index contributed by atoms with van der Waals surface area (Å²) in [4.78, 5) is 22.8. The van der Waals surface area contributed by atoms with Crippen LogP contribution in [0.2, 0.25) is 0 Å². The SMILES string of the molecule is COC(C)C(C)(CC(=O)O)NC(=O)OCc1ccccc1. The van der Waals surface area contributed by atoms with Gasteiger partial charge in [-0.2, -0.15) is 0 Å². The smallest absolute Gasteiger partial charge is 0.407 e. The minimum atomic E-state index is -1.05. The van der Waals surface area contributed by atoms with Crippen molar-refractivity contribution in [2.45, 2.75) is 38.5 Å². The third-order valence-corrected chi connectivity index (χ3v) is 3.37. The molecule has 0 fully saturated rings. The molecule has 0 saturated carbocycles. The van der Waals surface area contributed by atoms with Crippen LogP contribution in [0.15, 0.2) is 30.3 Å². The molecule has 0 radical (unpaired) electrons. The van der Waals surface area contributed by atoms with Gasteiger partial charge in [0.1, 0.15) is 6.61 Å². The molecule has 116 valence electrons. The first-order valence-electron chi connectivity index (χ1n) is 6.61. The second-order valence-electron chi connectivity index (χ2n) is 5.05. The first kappa shape index (κ1) is 17.0. The summed E-state index contributed by atoms with van der Waals surface area (Å²) in [5, 5.41) is 11.5. The third kappa shape index (κ3) is 5.43. The van der Waals surface area contributed by atoms with Crippen LogP contribution in [0.3, 0.4) is 0 Å². The lowest BCUT2D eigenvalue weighted by Crippen LogP contribution is -2.55. The summed E-state index contributed by atoms with van der Waals surface area (Å²) in [5.74, 6) is -1.02. The van der Waals surface area contributed by atoms with Gasteiger partial charge < -0.3 is 19.9 Å². The van der Waals surface area contributed by atoms with Crippen LogP contribution in [-0.4, -0.2) is 35.9 Å². The lowest BCUT2D eigenvalue weighted by Gasteiger charge is -2.33. The fourth-order valence-electron chi connectivity index (χ4n) is 1.86. The Morgan fingerprint density at radius 2 is 1.95 bits per heavy atom. The van der Waals surface area contributed by atoms with Crippen LogP contribution in [0, 0.1) is 0 Å². The highest BCUT2D eigenvalue weighted by Crippen LogP contribution is 2.18. The summed E-state index contributed by atoms with van der Waals surface area (Å²) in [6.07, 6.45) is -1.41. The van der Waals surface area contributed by atoms with E-state index in [0.29, 0.717) is 0 Å². The highest BCUT2D eigenvalue weighted by molar-refractivity contribution is 5.72. The van der Waals surface area contributed by atoms with Gasteiger partial charge >= 0.3 is 12.1 Å². The van der Waals surface area contributed by atoms with Crippen molar-refractivity contribution in [2.24, 2.45) is 0 Å². The van der Waals surface area contributed by atoms with Crippen molar-refractivity contribution in [3.63, 3.8) is 0 Å². The standard InChI is InChI=1S/C15H21NO5/c1-11(20-3)15(2,9-13(17)18)16-14(19)21-10-12-7-5-4-6-8-12/h4-8,11H,9-10H2,1-3H3,(H,16,19)(H,17,18). The zero-order chi connectivity index (χ0) is 15.9. The minimum Gasteiger partial charge on any atom is -0.481 e. The zero-order valence-electron chi connectivity index (χ0n) is 12.5. The summed E-state index contributed by atoms with van der Waals surface area (Å²) in [6, 6.07) is 9.23. The number of amides is 1. The van der Waals surface area contributed by atoms with Crippen molar-refractivity contribution >= 4 is 12.1 Å². The molecule has 21 heavy (non-hydrogen) atoms. The average Bonchev–Trinajstić information content (AvgIpc) is 2.44. The number of carboxylic acid groups (broad SMARTS) is 1. The molecular formula is C15H21NO5. The van der Waals surface area contributed by atoms with Crippen LogP contribution < -0.4 is 5.32 Å². The lowest BCUT2D eigenvalue weighted by molar-refractivity contribution is -0.140. The maximum Gasteiger partial charge on any atom is 0.407 e. The van der Waals surface area contributed by atoms with Gasteiger partial charge in [0.2, 0.25) is 0 Å². The van der Waals surface area contributed by atoms with Gasteiger partial charge in [-0.3, -0.25) is 4.79 Å². The van der Waals surface area contributed by atoms with E-state index in [1.165, 1.54) is 7.11 Å². The molecule has 0 aliphatic heterocycles. The number of ether oxygens (including phenoxy) is 2. The summed E-state index contributed by atoms with van der Waals surface area (Å²) in [6.45, 7) is 3.43. The minimum absolute atomic E-state index is 0.122. The van der Waals surface area contributed by atoms with E-state index in [1.54, 1.807) is 13.8 Å². The number of aliphatic carboxylic acids is 1. The molecule has 1 aromatic rings. The maximum absolute atomic E-state index is 11.9. The number of rotatable bonds is 7. The van der Waals surface area contributed by atoms with E-state index in [2.05, 4.69) is 5.32 Å². The Morgan fingerprint density at radius 3 is 2.48 bits per heavy atom. The fourth-order valence-corrected chi connectivity index (χ4v) is 1.86. The normalized spacial score (nSPS) is 14.8. The van der Waals surface area contributed by atoms with Gasteiger partial charge in [0.05, 0.1) is 18.1 Å². The highest BCUT2D eigenvalue weighted by atomic mass is 16.5. The molecule has 2 N–H and O–H groups in total. The molecule has 6 heteroatoms. The monoisotopic (exact) mass is 295 g/mol. The number of hydrogen-bond donors (Lipinski definition) is 2. The van der Waals surface area contributed by atoms with Crippen molar-refractivity contribution < 1.29 is 24.2 Å². The largest absolute Gasteiger partial charge is 0.481 e. The van der Waals surface area contributed by atoms with Crippen molar-refractivity contribution in [2.75, 3.05) is 7.11 Å². The Bertz CT molecular complexity index is 476. The van der Waals surface area contributed by atoms with E-state index in [9.17, 15) is 9.59 Å². The van der Waals surface area contributed by atoms with Crippen molar-refractivity contribution in [3.05, 3.63) is 35.9 Å². The van der Waals surface area contributed by atoms with Crippen molar-refractivity contribution in [1.82, 2.24) is 5.32 Å². The first-order chi connectivity index (χ1) is 9.87. The van der Waals surface area contributed by atoms with Gasteiger partial charge in [-0.15, -0.1) is 0 Å². The van der Waals surface area contributed by atoms with Gasteiger partial charge in [-0.25, -0.2) is 4.79 Å². The van der Waals surface area contributed by atoms with Crippen LogP contribution in [-0.2, 0) is 20.9 Å². The molecule has 0 spiro atoms. The molecule has 1 rings (SSSR count). The number of carboxylic acids is 1. The molecule has 1 amide bonds. The molecule has 0 heterocycles. The zero-order valence-corrected chi connectivity index (χ0v) is 12.5. The van der Waals surface area contributed by atoms with E-state index in [4.69, 9.17) is 14.6 Å². The van der Waals surface area contributed by atoms with Crippen LogP contribution in [0.1, 0.15) is 25.8 Å². The molecular weight excluding hydrogens is 274 g/mol. The Labute approximate surface area is 124 Å². The lowest BCUT2D eigenvalue weighted by atomic mass is 9.92. The predicted molar refractivity (Wildman–Crippen MR) is 76.9 cm³/mol. The topological polar surface area (TPSA) is 84.9 Å². The summed E-state index contributed by atoms with van der Waals surface area (Å²) in [5.41, 5.74) is -0.193. The van der Waals surface area contributed by atoms with E-state index >= 15 is 0 Å². The molecule has 0 bridgehead atoms. The Hall–Kier alpha value is -2.08. The van der Waals surface area contributed by atoms with E-state index in [0.717, 1.165) is 5.56 Å². The summed E-state index contributed by atoms with van der Waals surface area (Å²) >= 11 is 0. The Balaban J connectivity index is 2.61. The molecule has 1 aromatic carbocycles. The Kier molecular flexibility index (Phi) is 6.17. The summed E-state index contributed by atoms with van der Waals surface area (Å²) in [7, 11) is 1.46. The van der Waals surface area contributed by atoms with Gasteiger partial charge in [-0.1, -0.05) is 30.3 Å². The molecule has 0 aliphatic rings. The third-order valence-electron chi connectivity index (χ3n) is 3.37. The number of methoxy groups -OCH3 is 1. The van der Waals surface area contributed by atoms with Crippen LogP contribution in [0.5, 0.6) is 0 Å². The van der Waals surface area contributed by atoms with Gasteiger partial charge in [0.25, 0.3) is 0 Å². The summed E-state index contributed by atoms with van der Waals surface area (Å²) < 4.78 is 10.2. The van der Waals surface area contributed by atoms with E-state index < -0.39 is 23.7 Å². The van der Waals surface area contributed by atoms with Crippen molar-refractivity contribution in [3.8, 4) is 0 Å². The molecule has 0 aromatic heterocycles. The first-order valence-corrected chi connectivity index (χ1v) is 6.61. The number of carbonyl (C=O) groups is 2. The maximum atomic E-state index is 11.9. The highest BCUT2D eigenvalue weighted by Gasteiger charge is 2.36. The second kappa shape index (κ2) is 7.64. The molecule has 2 atom stereocenters. The number of hydrogen-bond acceptors (Lipinski definition) is 4. The number of alkyl carbamates (subject to hydrolysis) is 1. The van der Waals surface area contributed by atoms with E-state index in [-0.39, 0.29) is 13.0 Å². The van der Waals surface area contributed by atoms with Gasteiger partial charge in [-0.05, 0) is 19.4 Å². The molecule has 6 nitrogen and oxygen atoms in total. The fraction of sp³-hybridized carbons (Fsp3) is 0.467. The quantitative estimate of drug-likeness (QED) is 0.805. The number of carbonyl (C=O) groups excluding carboxylic acids is 1.